The summed E-state index contributed by atoms with van der Waals surface area (Å²) in [5, 5.41) is 2.93. The van der Waals surface area contributed by atoms with E-state index in [0.29, 0.717) is 31.9 Å². The van der Waals surface area contributed by atoms with E-state index in [-0.39, 0.29) is 24.2 Å². The molecule has 0 saturated carbocycles. The molecule has 1 fully saturated rings. The van der Waals surface area contributed by atoms with E-state index in [1.807, 2.05) is 48.5 Å². The van der Waals surface area contributed by atoms with E-state index in [4.69, 9.17) is 0 Å². The smallest absolute Gasteiger partial charge is 0.225 e. The number of pyridine rings is 1. The van der Waals surface area contributed by atoms with Crippen LogP contribution in [0, 0.1) is 5.92 Å². The van der Waals surface area contributed by atoms with Gasteiger partial charge in [-0.1, -0.05) is 36.4 Å². The number of likely N-dealkylation sites (tertiary alicyclic amines) is 1. The number of aromatic nitrogens is 3. The molecular formula is C23H23N5O2. The highest BCUT2D eigenvalue weighted by molar-refractivity contribution is 5.89. The number of carbonyl (C=O) groups is 2. The molecule has 1 aliphatic rings. The first-order chi connectivity index (χ1) is 14.7. The first-order valence-corrected chi connectivity index (χ1v) is 10.0. The van der Waals surface area contributed by atoms with E-state index in [0.717, 1.165) is 16.8 Å². The van der Waals surface area contributed by atoms with Crippen molar-refractivity contribution in [3.05, 3.63) is 78.5 Å². The molecular weight excluding hydrogens is 378 g/mol. The van der Waals surface area contributed by atoms with E-state index in [9.17, 15) is 9.59 Å². The van der Waals surface area contributed by atoms with Gasteiger partial charge in [-0.25, -0.2) is 9.97 Å². The third-order valence-electron chi connectivity index (χ3n) is 5.10. The highest BCUT2D eigenvalue weighted by atomic mass is 16.2. The summed E-state index contributed by atoms with van der Waals surface area (Å²) in [6, 6.07) is 15.6. The van der Waals surface area contributed by atoms with Crippen LogP contribution in [0.3, 0.4) is 0 Å². The van der Waals surface area contributed by atoms with E-state index in [1.54, 1.807) is 23.5 Å². The summed E-state index contributed by atoms with van der Waals surface area (Å²) in [7, 11) is 0. The molecule has 4 rings (SSSR count). The number of benzene rings is 1. The predicted octanol–water partition coefficient (Wildman–Crippen LogP) is 2.25. The summed E-state index contributed by atoms with van der Waals surface area (Å²) in [6.45, 7) is 1.35. The SMILES string of the molecule is O=C(NCCc1nccc(-c2ccccc2)n1)C1CC(=O)N(Cc2cccnc2)C1. The van der Waals surface area contributed by atoms with Gasteiger partial charge in [0, 0.05) is 56.6 Å². The van der Waals surface area contributed by atoms with Crippen LogP contribution in [0.4, 0.5) is 0 Å². The zero-order valence-electron chi connectivity index (χ0n) is 16.6. The lowest BCUT2D eigenvalue weighted by molar-refractivity contribution is -0.129. The molecule has 30 heavy (non-hydrogen) atoms. The van der Waals surface area contributed by atoms with Gasteiger partial charge in [0.05, 0.1) is 11.6 Å². The highest BCUT2D eigenvalue weighted by Gasteiger charge is 2.34. The zero-order chi connectivity index (χ0) is 20.8. The van der Waals surface area contributed by atoms with Gasteiger partial charge >= 0.3 is 0 Å². The predicted molar refractivity (Wildman–Crippen MR) is 112 cm³/mol. The van der Waals surface area contributed by atoms with Crippen molar-refractivity contribution in [1.29, 1.82) is 0 Å². The van der Waals surface area contributed by atoms with Crippen molar-refractivity contribution in [1.82, 2.24) is 25.2 Å². The molecule has 0 radical (unpaired) electrons. The number of hydrogen-bond donors (Lipinski definition) is 1. The lowest BCUT2D eigenvalue weighted by atomic mass is 10.1. The van der Waals surface area contributed by atoms with Crippen LogP contribution in [0.25, 0.3) is 11.3 Å². The van der Waals surface area contributed by atoms with Crippen LogP contribution >= 0.6 is 0 Å². The molecule has 3 heterocycles. The number of nitrogens with one attached hydrogen (secondary N) is 1. The number of nitrogens with zero attached hydrogens (tertiary/aromatic N) is 4. The third-order valence-corrected chi connectivity index (χ3v) is 5.10. The monoisotopic (exact) mass is 401 g/mol. The van der Waals surface area contributed by atoms with Gasteiger partial charge in [0.15, 0.2) is 0 Å². The maximum Gasteiger partial charge on any atom is 0.225 e. The highest BCUT2D eigenvalue weighted by Crippen LogP contribution is 2.20. The number of rotatable bonds is 7. The summed E-state index contributed by atoms with van der Waals surface area (Å²) in [4.78, 5) is 39.5. The molecule has 2 amide bonds. The lowest BCUT2D eigenvalue weighted by Gasteiger charge is -2.16. The first kappa shape index (κ1) is 19.7. The van der Waals surface area contributed by atoms with Crippen LogP contribution < -0.4 is 5.32 Å². The van der Waals surface area contributed by atoms with E-state index in [2.05, 4.69) is 20.3 Å². The standard InChI is InChI=1S/C23H23N5O2/c29-22-13-19(16-28(22)15-17-5-4-10-24-14-17)23(30)26-12-9-21-25-11-8-20(27-21)18-6-2-1-3-7-18/h1-8,10-11,14,19H,9,12-13,15-16H2,(H,26,30). The van der Waals surface area contributed by atoms with Crippen LogP contribution in [0.15, 0.2) is 67.1 Å². The Morgan fingerprint density at radius 3 is 2.77 bits per heavy atom. The Morgan fingerprint density at radius 2 is 1.97 bits per heavy atom. The largest absolute Gasteiger partial charge is 0.355 e. The maximum atomic E-state index is 12.5. The topological polar surface area (TPSA) is 88.1 Å². The Hall–Kier alpha value is -3.61. The second kappa shape index (κ2) is 9.26. The minimum absolute atomic E-state index is 0.00195. The third kappa shape index (κ3) is 4.86. The number of amides is 2. The van der Waals surface area contributed by atoms with Gasteiger partial charge in [-0.2, -0.15) is 0 Å². The molecule has 1 saturated heterocycles. The zero-order valence-corrected chi connectivity index (χ0v) is 16.6. The fourth-order valence-electron chi connectivity index (χ4n) is 3.54. The van der Waals surface area contributed by atoms with Crippen molar-refractivity contribution in [2.45, 2.75) is 19.4 Å². The van der Waals surface area contributed by atoms with Crippen molar-refractivity contribution in [2.24, 2.45) is 5.92 Å². The number of hydrogen-bond acceptors (Lipinski definition) is 5. The average Bonchev–Trinajstić information content (AvgIpc) is 3.15. The van der Waals surface area contributed by atoms with Crippen LogP contribution in [0.1, 0.15) is 17.8 Å². The molecule has 152 valence electrons. The molecule has 3 aromatic rings. The second-order valence-electron chi connectivity index (χ2n) is 7.30. The maximum absolute atomic E-state index is 12.5. The van der Waals surface area contributed by atoms with E-state index >= 15 is 0 Å². The van der Waals surface area contributed by atoms with Gasteiger partial charge in [0.1, 0.15) is 5.82 Å². The fourth-order valence-corrected chi connectivity index (χ4v) is 3.54. The van der Waals surface area contributed by atoms with Crippen molar-refractivity contribution in [2.75, 3.05) is 13.1 Å². The molecule has 0 spiro atoms. The second-order valence-corrected chi connectivity index (χ2v) is 7.30. The van der Waals surface area contributed by atoms with Gasteiger partial charge in [0.25, 0.3) is 0 Å². The Bertz CT molecular complexity index is 1010. The molecule has 1 aliphatic heterocycles. The van der Waals surface area contributed by atoms with Gasteiger partial charge < -0.3 is 10.2 Å². The Balaban J connectivity index is 1.28. The van der Waals surface area contributed by atoms with Crippen molar-refractivity contribution in [3.8, 4) is 11.3 Å². The Morgan fingerprint density at radius 1 is 1.10 bits per heavy atom. The van der Waals surface area contributed by atoms with Crippen molar-refractivity contribution < 1.29 is 9.59 Å². The quantitative estimate of drug-likeness (QED) is 0.656. The van der Waals surface area contributed by atoms with Gasteiger partial charge in [-0.3, -0.25) is 14.6 Å². The molecule has 7 nitrogen and oxygen atoms in total. The molecule has 1 atom stereocenters. The summed E-state index contributed by atoms with van der Waals surface area (Å²) in [5.74, 6) is 0.247. The summed E-state index contributed by atoms with van der Waals surface area (Å²) in [6.07, 6.45) is 5.95. The van der Waals surface area contributed by atoms with Gasteiger partial charge in [0.2, 0.25) is 11.8 Å². The van der Waals surface area contributed by atoms with Gasteiger partial charge in [-0.15, -0.1) is 0 Å². The summed E-state index contributed by atoms with van der Waals surface area (Å²) >= 11 is 0. The van der Waals surface area contributed by atoms with E-state index < -0.39 is 0 Å². The first-order valence-electron chi connectivity index (χ1n) is 10.0. The molecule has 1 N–H and O–H groups in total. The van der Waals surface area contributed by atoms with E-state index in [1.165, 1.54) is 0 Å². The molecule has 2 aromatic heterocycles. The van der Waals surface area contributed by atoms with Crippen LogP contribution in [-0.2, 0) is 22.6 Å². The van der Waals surface area contributed by atoms with Crippen LogP contribution in [0.2, 0.25) is 0 Å². The number of carbonyl (C=O) groups excluding carboxylic acids is 2. The summed E-state index contributed by atoms with van der Waals surface area (Å²) in [5.41, 5.74) is 2.85. The fraction of sp³-hybridized carbons (Fsp3) is 0.261. The van der Waals surface area contributed by atoms with Crippen molar-refractivity contribution >= 4 is 11.8 Å². The Kier molecular flexibility index (Phi) is 6.08. The van der Waals surface area contributed by atoms with Crippen LogP contribution in [0.5, 0.6) is 0 Å². The molecule has 1 aromatic carbocycles. The van der Waals surface area contributed by atoms with Crippen LogP contribution in [-0.4, -0.2) is 44.8 Å². The normalized spacial score (nSPS) is 15.9. The molecule has 1 unspecified atom stereocenters. The lowest BCUT2D eigenvalue weighted by Crippen LogP contribution is -2.34. The minimum atomic E-state index is -0.328. The summed E-state index contributed by atoms with van der Waals surface area (Å²) < 4.78 is 0. The molecule has 7 heteroatoms. The minimum Gasteiger partial charge on any atom is -0.355 e. The molecule has 0 bridgehead atoms. The Labute approximate surface area is 175 Å². The average molecular weight is 401 g/mol. The molecule has 0 aliphatic carbocycles. The van der Waals surface area contributed by atoms with Crippen molar-refractivity contribution in [3.63, 3.8) is 0 Å². The van der Waals surface area contributed by atoms with Gasteiger partial charge in [-0.05, 0) is 17.7 Å².